The fourth-order valence-electron chi connectivity index (χ4n) is 2.79. The van der Waals surface area contributed by atoms with E-state index in [1.165, 1.54) is 44.6 Å². The number of hydrogen-bond donors (Lipinski definition) is 3. The van der Waals surface area contributed by atoms with Gasteiger partial charge in [-0.15, -0.1) is 0 Å². The molecule has 0 aromatic carbocycles. The third-order valence-electron chi connectivity index (χ3n) is 4.03. The van der Waals surface area contributed by atoms with E-state index in [1.54, 1.807) is 0 Å². The summed E-state index contributed by atoms with van der Waals surface area (Å²) in [5, 5.41) is 6.85. The van der Waals surface area contributed by atoms with Gasteiger partial charge in [0.05, 0.1) is 0 Å². The van der Waals surface area contributed by atoms with E-state index in [0.717, 1.165) is 18.9 Å². The molecule has 0 amide bonds. The minimum Gasteiger partial charge on any atom is -0.369 e. The van der Waals surface area contributed by atoms with Gasteiger partial charge in [0.25, 0.3) is 5.56 Å². The number of hydrogen-bond acceptors (Lipinski definition) is 4. The predicted molar refractivity (Wildman–Crippen MR) is 86.9 cm³/mol. The van der Waals surface area contributed by atoms with Crippen molar-refractivity contribution in [3.8, 4) is 0 Å². The predicted octanol–water partition coefficient (Wildman–Crippen LogP) is 2.62. The van der Waals surface area contributed by atoms with Gasteiger partial charge in [0, 0.05) is 31.1 Å². The van der Waals surface area contributed by atoms with Crippen LogP contribution in [0.3, 0.4) is 0 Å². The molecule has 1 aromatic rings. The van der Waals surface area contributed by atoms with E-state index in [-0.39, 0.29) is 11.5 Å². The van der Waals surface area contributed by atoms with E-state index in [1.807, 2.05) is 13.8 Å². The number of nitrogens with one attached hydrogen (secondary N) is 3. The van der Waals surface area contributed by atoms with Crippen LogP contribution in [-0.2, 0) is 0 Å². The number of anilines is 1. The Hall–Kier alpha value is -1.36. The zero-order valence-corrected chi connectivity index (χ0v) is 13.2. The molecule has 0 atom stereocenters. The molecule has 1 heterocycles. The van der Waals surface area contributed by atoms with Crippen molar-refractivity contribution in [2.24, 2.45) is 0 Å². The molecule has 1 aliphatic rings. The van der Waals surface area contributed by atoms with Crippen molar-refractivity contribution in [3.63, 3.8) is 0 Å². The zero-order valence-electron chi connectivity index (χ0n) is 13.2. The molecule has 1 fully saturated rings. The molecule has 0 saturated heterocycles. The molecule has 0 aliphatic heterocycles. The molecule has 118 valence electrons. The van der Waals surface area contributed by atoms with E-state index >= 15 is 0 Å². The first-order valence-electron chi connectivity index (χ1n) is 8.23. The Bertz CT molecular complexity index is 475. The molecule has 0 bridgehead atoms. The molecule has 1 aliphatic carbocycles. The van der Waals surface area contributed by atoms with E-state index < -0.39 is 0 Å². The molecule has 3 N–H and O–H groups in total. The molecule has 2 rings (SSSR count). The lowest BCUT2D eigenvalue weighted by Gasteiger charge is -2.16. The second kappa shape index (κ2) is 8.17. The number of H-pyrrole nitrogens is 1. The lowest BCUT2D eigenvalue weighted by Crippen LogP contribution is -2.32. The van der Waals surface area contributed by atoms with Crippen LogP contribution in [0.5, 0.6) is 0 Å². The molecule has 1 saturated carbocycles. The Labute approximate surface area is 127 Å². The Morgan fingerprint density at radius 3 is 2.62 bits per heavy atom. The van der Waals surface area contributed by atoms with Crippen molar-refractivity contribution >= 4 is 5.82 Å². The summed E-state index contributed by atoms with van der Waals surface area (Å²) in [5.41, 5.74) is -0.0899. The lowest BCUT2D eigenvalue weighted by molar-refractivity contribution is 0.468. The van der Waals surface area contributed by atoms with Gasteiger partial charge < -0.3 is 15.6 Å². The maximum atomic E-state index is 11.6. The number of nitrogens with zero attached hydrogens (tertiary/aromatic N) is 1. The van der Waals surface area contributed by atoms with Gasteiger partial charge in [-0.3, -0.25) is 4.79 Å². The summed E-state index contributed by atoms with van der Waals surface area (Å²) in [4.78, 5) is 18.8. The lowest BCUT2D eigenvalue weighted by atomic mass is 10.1. The Balaban J connectivity index is 1.76. The van der Waals surface area contributed by atoms with Gasteiger partial charge in [-0.1, -0.05) is 39.5 Å². The highest BCUT2D eigenvalue weighted by Crippen LogP contribution is 2.16. The van der Waals surface area contributed by atoms with Crippen LogP contribution in [-0.4, -0.2) is 29.1 Å². The van der Waals surface area contributed by atoms with Crippen LogP contribution in [0.25, 0.3) is 0 Å². The summed E-state index contributed by atoms with van der Waals surface area (Å²) < 4.78 is 0. The number of aromatic amines is 1. The van der Waals surface area contributed by atoms with Crippen molar-refractivity contribution in [3.05, 3.63) is 22.2 Å². The third-order valence-corrected chi connectivity index (χ3v) is 4.03. The topological polar surface area (TPSA) is 69.8 Å². The minimum absolute atomic E-state index is 0.0899. The van der Waals surface area contributed by atoms with E-state index in [0.29, 0.717) is 11.9 Å². The smallest absolute Gasteiger partial charge is 0.252 e. The maximum absolute atomic E-state index is 11.6. The molecule has 5 nitrogen and oxygen atoms in total. The number of aromatic nitrogens is 2. The van der Waals surface area contributed by atoms with Crippen molar-refractivity contribution < 1.29 is 0 Å². The Morgan fingerprint density at radius 2 is 1.95 bits per heavy atom. The summed E-state index contributed by atoms with van der Waals surface area (Å²) in [6.07, 6.45) is 8.04. The van der Waals surface area contributed by atoms with Gasteiger partial charge in [-0.2, -0.15) is 0 Å². The first kappa shape index (κ1) is 16.0. The van der Waals surface area contributed by atoms with Gasteiger partial charge in [0.1, 0.15) is 11.6 Å². The standard InChI is InChI=1S/C16H28N4O/c1-12(2)16-19-14(11-15(21)20-16)18-10-9-17-13-7-5-3-4-6-8-13/h11-13,17H,3-10H2,1-2H3,(H2,18,19,20,21). The van der Waals surface area contributed by atoms with Gasteiger partial charge in [-0.25, -0.2) is 4.98 Å². The van der Waals surface area contributed by atoms with Crippen LogP contribution < -0.4 is 16.2 Å². The van der Waals surface area contributed by atoms with Gasteiger partial charge in [-0.05, 0) is 12.8 Å². The largest absolute Gasteiger partial charge is 0.369 e. The average Bonchev–Trinajstić information content (AvgIpc) is 2.71. The average molecular weight is 292 g/mol. The second-order valence-corrected chi connectivity index (χ2v) is 6.24. The molecular formula is C16H28N4O. The number of rotatable bonds is 6. The highest BCUT2D eigenvalue weighted by atomic mass is 16.1. The normalized spacial score (nSPS) is 16.9. The summed E-state index contributed by atoms with van der Waals surface area (Å²) >= 11 is 0. The van der Waals surface area contributed by atoms with Crippen molar-refractivity contribution in [2.45, 2.75) is 64.3 Å². The molecule has 21 heavy (non-hydrogen) atoms. The van der Waals surface area contributed by atoms with E-state index in [9.17, 15) is 4.79 Å². The Kier molecular flexibility index (Phi) is 6.23. The fraction of sp³-hybridized carbons (Fsp3) is 0.750. The molecule has 0 unspecified atom stereocenters. The Morgan fingerprint density at radius 1 is 1.24 bits per heavy atom. The molecule has 5 heteroatoms. The van der Waals surface area contributed by atoms with Crippen molar-refractivity contribution in [2.75, 3.05) is 18.4 Å². The van der Waals surface area contributed by atoms with Gasteiger partial charge in [0.15, 0.2) is 0 Å². The fourth-order valence-corrected chi connectivity index (χ4v) is 2.79. The third kappa shape index (κ3) is 5.50. The molecule has 0 radical (unpaired) electrons. The zero-order chi connectivity index (χ0) is 15.1. The highest BCUT2D eigenvalue weighted by molar-refractivity contribution is 5.33. The summed E-state index contributed by atoms with van der Waals surface area (Å²) in [5.74, 6) is 1.63. The SMILES string of the molecule is CC(C)c1nc(NCCNC2CCCCCC2)cc(=O)[nH]1. The summed E-state index contributed by atoms with van der Waals surface area (Å²) in [6.45, 7) is 5.76. The van der Waals surface area contributed by atoms with Crippen LogP contribution in [0.4, 0.5) is 5.82 Å². The highest BCUT2D eigenvalue weighted by Gasteiger charge is 2.11. The molecular weight excluding hydrogens is 264 g/mol. The van der Waals surface area contributed by atoms with Gasteiger partial charge >= 0.3 is 0 Å². The van der Waals surface area contributed by atoms with Gasteiger partial charge in [0.2, 0.25) is 0 Å². The van der Waals surface area contributed by atoms with Crippen LogP contribution in [0.2, 0.25) is 0 Å². The van der Waals surface area contributed by atoms with E-state index in [2.05, 4.69) is 20.6 Å². The van der Waals surface area contributed by atoms with Crippen LogP contribution in [0.1, 0.15) is 64.1 Å². The van der Waals surface area contributed by atoms with Crippen LogP contribution in [0.15, 0.2) is 10.9 Å². The maximum Gasteiger partial charge on any atom is 0.252 e. The first-order valence-corrected chi connectivity index (χ1v) is 8.23. The van der Waals surface area contributed by atoms with Crippen LogP contribution >= 0.6 is 0 Å². The minimum atomic E-state index is -0.0899. The summed E-state index contributed by atoms with van der Waals surface area (Å²) in [7, 11) is 0. The quantitative estimate of drug-likeness (QED) is 0.557. The molecule has 0 spiro atoms. The molecule has 1 aromatic heterocycles. The van der Waals surface area contributed by atoms with Crippen molar-refractivity contribution in [1.82, 2.24) is 15.3 Å². The van der Waals surface area contributed by atoms with Crippen LogP contribution in [0, 0.1) is 0 Å². The first-order chi connectivity index (χ1) is 10.1. The second-order valence-electron chi connectivity index (χ2n) is 6.24. The van der Waals surface area contributed by atoms with E-state index in [4.69, 9.17) is 0 Å². The van der Waals surface area contributed by atoms with Crippen molar-refractivity contribution in [1.29, 1.82) is 0 Å². The summed E-state index contributed by atoms with van der Waals surface area (Å²) in [6, 6.07) is 2.19. The monoisotopic (exact) mass is 292 g/mol.